The van der Waals surface area contributed by atoms with Crippen molar-refractivity contribution in [3.8, 4) is 0 Å². The first kappa shape index (κ1) is 9.12. The van der Waals surface area contributed by atoms with Gasteiger partial charge in [-0.3, -0.25) is 0 Å². The fourth-order valence-corrected chi connectivity index (χ4v) is 0. The SMILES string of the molecule is FC(F)F.[Mg]. The lowest BCUT2D eigenvalue weighted by Gasteiger charge is -1.65. The van der Waals surface area contributed by atoms with E-state index in [0.29, 0.717) is 0 Å². The van der Waals surface area contributed by atoms with Crippen molar-refractivity contribution in [2.75, 3.05) is 0 Å². The van der Waals surface area contributed by atoms with E-state index in [1.165, 1.54) is 0 Å². The number of halogens is 3. The molecule has 0 fully saturated rings. The Hall–Kier alpha value is 0.556. The summed E-state index contributed by atoms with van der Waals surface area (Å²) in [5.74, 6) is 0. The van der Waals surface area contributed by atoms with Gasteiger partial charge in [-0.25, -0.2) is 0 Å². The molecule has 0 aromatic rings. The predicted octanol–water partition coefficient (Wildman–Crippen LogP) is 0.798. The Morgan fingerprint density at radius 2 is 1.00 bits per heavy atom. The Labute approximate surface area is 43.5 Å². The summed E-state index contributed by atoms with van der Waals surface area (Å²) in [5.41, 5.74) is 0. The van der Waals surface area contributed by atoms with Crippen molar-refractivity contribution in [3.05, 3.63) is 0 Å². The molecule has 0 unspecified atom stereocenters. The van der Waals surface area contributed by atoms with Crippen LogP contribution in [-0.4, -0.2) is 29.7 Å². The van der Waals surface area contributed by atoms with E-state index in [1.807, 2.05) is 0 Å². The van der Waals surface area contributed by atoms with E-state index < -0.39 is 6.68 Å². The molecule has 0 aliphatic carbocycles. The van der Waals surface area contributed by atoms with E-state index in [9.17, 15) is 13.2 Å². The van der Waals surface area contributed by atoms with Gasteiger partial charge < -0.3 is 0 Å². The van der Waals surface area contributed by atoms with Gasteiger partial charge >= 0.3 is 6.68 Å². The lowest BCUT2D eigenvalue weighted by molar-refractivity contribution is 0.00819. The lowest BCUT2D eigenvalue weighted by atomic mass is 11.6. The third kappa shape index (κ3) is 96.2. The van der Waals surface area contributed by atoms with Gasteiger partial charge in [-0.2, -0.15) is 13.2 Å². The molecule has 4 heteroatoms. The van der Waals surface area contributed by atoms with Crippen molar-refractivity contribution in [1.82, 2.24) is 0 Å². The molecule has 0 aliphatic heterocycles. The Morgan fingerprint density at radius 3 is 1.00 bits per heavy atom. The van der Waals surface area contributed by atoms with Crippen LogP contribution in [0.15, 0.2) is 0 Å². The maximum absolute atomic E-state index is 9.67. The molecular formula is CHF3Mg. The second-order valence-corrected chi connectivity index (χ2v) is 0.247. The fourth-order valence-electron chi connectivity index (χ4n) is 0. The molecule has 0 aromatic carbocycles. The molecule has 0 heterocycles. The molecule has 0 nitrogen and oxygen atoms in total. The summed E-state index contributed by atoms with van der Waals surface area (Å²) in [6.45, 7) is -3.67. The molecule has 0 N–H and O–H groups in total. The summed E-state index contributed by atoms with van der Waals surface area (Å²) in [5, 5.41) is 0. The van der Waals surface area contributed by atoms with Gasteiger partial charge in [-0.1, -0.05) is 0 Å². The topological polar surface area (TPSA) is 0 Å². The van der Waals surface area contributed by atoms with Crippen LogP contribution in [0.3, 0.4) is 0 Å². The summed E-state index contributed by atoms with van der Waals surface area (Å²) in [7, 11) is 0. The van der Waals surface area contributed by atoms with E-state index >= 15 is 0 Å². The van der Waals surface area contributed by atoms with Crippen molar-refractivity contribution < 1.29 is 13.2 Å². The zero-order chi connectivity index (χ0) is 3.58. The van der Waals surface area contributed by atoms with Crippen LogP contribution in [0.1, 0.15) is 0 Å². The van der Waals surface area contributed by atoms with Crippen LogP contribution in [0, 0.1) is 0 Å². The minimum absolute atomic E-state index is 0. The highest BCUT2D eigenvalue weighted by molar-refractivity contribution is 5.75. The Kier molecular flexibility index (Phi) is 8.31. The van der Waals surface area contributed by atoms with Crippen molar-refractivity contribution in [2.45, 2.75) is 6.68 Å². The summed E-state index contributed by atoms with van der Waals surface area (Å²) in [4.78, 5) is 0. The highest BCUT2D eigenvalue weighted by Gasteiger charge is 1.86. The Morgan fingerprint density at radius 1 is 1.00 bits per heavy atom. The molecule has 0 bridgehead atoms. The van der Waals surface area contributed by atoms with Gasteiger partial charge in [0.05, 0.1) is 0 Å². The van der Waals surface area contributed by atoms with Crippen LogP contribution in [0.4, 0.5) is 13.2 Å². The highest BCUT2D eigenvalue weighted by Crippen LogP contribution is 1.87. The maximum Gasteiger partial charge on any atom is 0.379 e. The second-order valence-electron chi connectivity index (χ2n) is 0.247. The largest absolute Gasteiger partial charge is 0.379 e. The van der Waals surface area contributed by atoms with E-state index in [2.05, 4.69) is 0 Å². The molecule has 0 rings (SSSR count). The third-order valence-electron chi connectivity index (χ3n) is 0. The van der Waals surface area contributed by atoms with Crippen molar-refractivity contribution in [3.63, 3.8) is 0 Å². The zero-order valence-corrected chi connectivity index (χ0v) is 3.83. The molecule has 0 amide bonds. The van der Waals surface area contributed by atoms with Crippen LogP contribution in [0.2, 0.25) is 0 Å². The predicted molar refractivity (Wildman–Crippen MR) is 12.9 cm³/mol. The molecule has 0 saturated heterocycles. The van der Waals surface area contributed by atoms with Gasteiger partial charge in [-0.15, -0.1) is 0 Å². The molecule has 2 radical (unpaired) electrons. The van der Waals surface area contributed by atoms with Crippen molar-refractivity contribution in [2.24, 2.45) is 0 Å². The number of hydrogen-bond donors (Lipinski definition) is 0. The Balaban J connectivity index is 0. The molecule has 0 saturated carbocycles. The average Bonchev–Trinajstić information content (AvgIpc) is 0.811. The molecule has 0 aromatic heterocycles. The summed E-state index contributed by atoms with van der Waals surface area (Å²) in [6.07, 6.45) is 0. The van der Waals surface area contributed by atoms with Gasteiger partial charge in [0, 0.05) is 23.1 Å². The minimum Gasteiger partial charge on any atom is -0.174 e. The van der Waals surface area contributed by atoms with Gasteiger partial charge in [-0.05, 0) is 0 Å². The maximum atomic E-state index is 9.67. The molecule has 0 spiro atoms. The van der Waals surface area contributed by atoms with E-state index in [-0.39, 0.29) is 23.1 Å². The van der Waals surface area contributed by atoms with Crippen LogP contribution in [0.5, 0.6) is 0 Å². The average molecular weight is 94.3 g/mol. The minimum atomic E-state index is -3.67. The van der Waals surface area contributed by atoms with Gasteiger partial charge in [0.2, 0.25) is 0 Å². The number of rotatable bonds is 0. The van der Waals surface area contributed by atoms with Crippen molar-refractivity contribution in [1.29, 1.82) is 0 Å². The first-order valence-electron chi connectivity index (χ1n) is 0.655. The molecule has 0 atom stereocenters. The van der Waals surface area contributed by atoms with Gasteiger partial charge in [0.1, 0.15) is 0 Å². The lowest BCUT2D eigenvalue weighted by Crippen LogP contribution is -1.65. The van der Waals surface area contributed by atoms with Gasteiger partial charge in [0.15, 0.2) is 0 Å². The first-order valence-corrected chi connectivity index (χ1v) is 0.655. The van der Waals surface area contributed by atoms with Crippen LogP contribution < -0.4 is 0 Å². The van der Waals surface area contributed by atoms with Crippen molar-refractivity contribution >= 4 is 23.1 Å². The third-order valence-corrected chi connectivity index (χ3v) is 0. The smallest absolute Gasteiger partial charge is 0.174 e. The standard InChI is InChI=1S/CHF3.Mg/c2-1(3)4;/h1H;. The van der Waals surface area contributed by atoms with E-state index in [0.717, 1.165) is 0 Å². The van der Waals surface area contributed by atoms with E-state index in [1.54, 1.807) is 0 Å². The summed E-state index contributed by atoms with van der Waals surface area (Å²) >= 11 is 0. The molecule has 0 aliphatic rings. The summed E-state index contributed by atoms with van der Waals surface area (Å²) in [6, 6.07) is 0. The first-order chi connectivity index (χ1) is 1.73. The zero-order valence-electron chi connectivity index (χ0n) is 2.42. The number of alkyl halides is 3. The second kappa shape index (κ2) is 4.56. The van der Waals surface area contributed by atoms with Crippen LogP contribution >= 0.6 is 0 Å². The molecular weight excluding hydrogens is 93.3 g/mol. The highest BCUT2D eigenvalue weighted by atomic mass is 24.3. The molecule has 28 valence electrons. The van der Waals surface area contributed by atoms with Gasteiger partial charge in [0.25, 0.3) is 0 Å². The Bertz CT molecular complexity index is 11.6. The van der Waals surface area contributed by atoms with Crippen LogP contribution in [0.25, 0.3) is 0 Å². The fraction of sp³-hybridized carbons (Fsp3) is 1.00. The van der Waals surface area contributed by atoms with E-state index in [4.69, 9.17) is 0 Å². The number of hydrogen-bond acceptors (Lipinski definition) is 0. The normalized spacial score (nSPS) is 7.20. The quantitative estimate of drug-likeness (QED) is 0.390. The summed E-state index contributed by atoms with van der Waals surface area (Å²) < 4.78 is 29.0. The van der Waals surface area contributed by atoms with Crippen LogP contribution in [-0.2, 0) is 0 Å². The molecule has 5 heavy (non-hydrogen) atoms. The monoisotopic (exact) mass is 94.0 g/mol.